The third kappa shape index (κ3) is 3.70. The Bertz CT molecular complexity index is 906. The molecule has 1 saturated heterocycles. The van der Waals surface area contributed by atoms with Crippen LogP contribution >= 0.6 is 0 Å². The summed E-state index contributed by atoms with van der Waals surface area (Å²) in [4.78, 5) is 14.7. The number of hydrogen-bond acceptors (Lipinski definition) is 4. The van der Waals surface area contributed by atoms with Gasteiger partial charge in [0.25, 0.3) is 10.0 Å². The topological polar surface area (TPSA) is 78.5 Å². The summed E-state index contributed by atoms with van der Waals surface area (Å²) in [6.07, 6.45) is 9.75. The van der Waals surface area contributed by atoms with Crippen molar-refractivity contribution in [2.24, 2.45) is 0 Å². The van der Waals surface area contributed by atoms with Crippen LogP contribution in [0.25, 0.3) is 0 Å². The molecular weight excluding hydrogens is 374 g/mol. The lowest BCUT2D eigenvalue weighted by molar-refractivity contribution is 0.251. The standard InChI is InChI=1S/C21H29N3O3S/c1-21(10-5-12-24(21)2)11-13-28(26,27)23-20(25)22-19-17-8-3-6-15(17)14-16-7-4-9-18(16)19/h11,13-14H,3-10,12H2,1-2H3,(H2,22,23,25)/b13-11+/t21-/m1/s1. The van der Waals surface area contributed by atoms with E-state index >= 15 is 0 Å². The predicted octanol–water partition coefficient (Wildman–Crippen LogP) is 3.11. The van der Waals surface area contributed by atoms with Gasteiger partial charge < -0.3 is 5.32 Å². The average molecular weight is 404 g/mol. The quantitative estimate of drug-likeness (QED) is 0.810. The molecule has 28 heavy (non-hydrogen) atoms. The molecule has 2 amide bonds. The van der Waals surface area contributed by atoms with Crippen LogP contribution in [0.2, 0.25) is 0 Å². The van der Waals surface area contributed by atoms with E-state index in [4.69, 9.17) is 0 Å². The third-order valence-corrected chi connectivity index (χ3v) is 7.57. The fraction of sp³-hybridized carbons (Fsp3) is 0.571. The van der Waals surface area contributed by atoms with E-state index in [1.54, 1.807) is 6.08 Å². The number of carbonyl (C=O) groups excluding carboxylic acids is 1. The van der Waals surface area contributed by atoms with Crippen LogP contribution in [-0.4, -0.2) is 38.5 Å². The van der Waals surface area contributed by atoms with Crippen molar-refractivity contribution in [1.29, 1.82) is 0 Å². The van der Waals surface area contributed by atoms with E-state index in [1.807, 2.05) is 14.0 Å². The highest BCUT2D eigenvalue weighted by Gasteiger charge is 2.32. The molecule has 1 aromatic rings. The van der Waals surface area contributed by atoms with Gasteiger partial charge in [-0.05, 0) is 94.1 Å². The molecular formula is C21H29N3O3S. The van der Waals surface area contributed by atoms with Crippen LogP contribution in [0.4, 0.5) is 10.5 Å². The first kappa shape index (κ1) is 19.5. The Morgan fingerprint density at radius 2 is 1.75 bits per heavy atom. The van der Waals surface area contributed by atoms with Gasteiger partial charge in [0.1, 0.15) is 0 Å². The molecule has 0 spiro atoms. The van der Waals surface area contributed by atoms with Crippen LogP contribution in [0.1, 0.15) is 54.9 Å². The summed E-state index contributed by atoms with van der Waals surface area (Å²) in [7, 11) is -1.86. The summed E-state index contributed by atoms with van der Waals surface area (Å²) in [5.74, 6) is 0. The second kappa shape index (κ2) is 7.19. The first-order valence-electron chi connectivity index (χ1n) is 10.2. The summed E-state index contributed by atoms with van der Waals surface area (Å²) in [6, 6.07) is 1.61. The number of benzene rings is 1. The van der Waals surface area contributed by atoms with E-state index in [0.29, 0.717) is 0 Å². The number of fused-ring (bicyclic) bond motifs is 2. The van der Waals surface area contributed by atoms with Crippen molar-refractivity contribution in [2.75, 3.05) is 18.9 Å². The van der Waals surface area contributed by atoms with Gasteiger partial charge in [-0.3, -0.25) is 4.90 Å². The van der Waals surface area contributed by atoms with E-state index in [2.05, 4.69) is 21.0 Å². The normalized spacial score (nSPS) is 24.5. The molecule has 0 aromatic heterocycles. The summed E-state index contributed by atoms with van der Waals surface area (Å²) in [6.45, 7) is 2.96. The Labute approximate surface area is 167 Å². The molecule has 152 valence electrons. The molecule has 6 nitrogen and oxygen atoms in total. The number of nitrogens with one attached hydrogen (secondary N) is 2. The molecule has 1 aliphatic heterocycles. The number of anilines is 1. The molecule has 2 N–H and O–H groups in total. The molecule has 4 rings (SSSR count). The lowest BCUT2D eigenvalue weighted by atomic mass is 9.99. The van der Waals surface area contributed by atoms with Crippen molar-refractivity contribution >= 4 is 21.7 Å². The SMILES string of the molecule is CN1CCC[C@]1(C)/C=C/S(=O)(=O)NC(=O)Nc1c2c(cc3c1CCC3)CCC2. The van der Waals surface area contributed by atoms with Crippen LogP contribution in [0.5, 0.6) is 0 Å². The van der Waals surface area contributed by atoms with Crippen molar-refractivity contribution in [3.05, 3.63) is 39.8 Å². The van der Waals surface area contributed by atoms with Crippen LogP contribution < -0.4 is 10.0 Å². The fourth-order valence-corrected chi connectivity index (χ4v) is 5.69. The van der Waals surface area contributed by atoms with Crippen LogP contribution in [0.15, 0.2) is 17.6 Å². The maximum atomic E-state index is 12.5. The zero-order valence-corrected chi connectivity index (χ0v) is 17.5. The van der Waals surface area contributed by atoms with Gasteiger partial charge in [-0.15, -0.1) is 0 Å². The first-order chi connectivity index (χ1) is 13.3. The number of likely N-dealkylation sites (tertiary alicyclic amines) is 1. The van der Waals surface area contributed by atoms with Crippen LogP contribution in [-0.2, 0) is 35.7 Å². The van der Waals surface area contributed by atoms with E-state index in [-0.39, 0.29) is 5.54 Å². The summed E-state index contributed by atoms with van der Waals surface area (Å²) in [5, 5.41) is 4.00. The molecule has 0 unspecified atom stereocenters. The maximum Gasteiger partial charge on any atom is 0.333 e. The minimum absolute atomic E-state index is 0.285. The third-order valence-electron chi connectivity index (χ3n) is 6.60. The minimum Gasteiger partial charge on any atom is -0.307 e. The Hall–Kier alpha value is -1.86. The van der Waals surface area contributed by atoms with Crippen molar-refractivity contribution < 1.29 is 13.2 Å². The maximum absolute atomic E-state index is 12.5. The highest BCUT2D eigenvalue weighted by Crippen LogP contribution is 2.38. The fourth-order valence-electron chi connectivity index (χ4n) is 4.84. The van der Waals surface area contributed by atoms with Gasteiger partial charge in [0.05, 0.1) is 0 Å². The van der Waals surface area contributed by atoms with Gasteiger partial charge >= 0.3 is 6.03 Å². The van der Waals surface area contributed by atoms with Gasteiger partial charge in [-0.25, -0.2) is 17.9 Å². The number of rotatable bonds is 4. The zero-order valence-electron chi connectivity index (χ0n) is 16.7. The smallest absolute Gasteiger partial charge is 0.307 e. The molecule has 7 heteroatoms. The van der Waals surface area contributed by atoms with Gasteiger partial charge in [-0.1, -0.05) is 12.1 Å². The Morgan fingerprint density at radius 1 is 1.11 bits per heavy atom. The molecule has 1 atom stereocenters. The number of sulfonamides is 1. The summed E-state index contributed by atoms with van der Waals surface area (Å²) >= 11 is 0. The molecule has 0 saturated carbocycles. The highest BCUT2D eigenvalue weighted by atomic mass is 32.2. The number of amides is 2. The minimum atomic E-state index is -3.85. The van der Waals surface area contributed by atoms with Gasteiger partial charge in [-0.2, -0.15) is 0 Å². The second-order valence-corrected chi connectivity index (χ2v) is 10.1. The number of urea groups is 1. The van der Waals surface area contributed by atoms with Crippen molar-refractivity contribution in [1.82, 2.24) is 9.62 Å². The van der Waals surface area contributed by atoms with E-state index in [9.17, 15) is 13.2 Å². The van der Waals surface area contributed by atoms with E-state index in [0.717, 1.165) is 69.0 Å². The molecule has 0 bridgehead atoms. The van der Waals surface area contributed by atoms with Crippen molar-refractivity contribution in [2.45, 2.75) is 63.8 Å². The highest BCUT2D eigenvalue weighted by molar-refractivity contribution is 7.92. The van der Waals surface area contributed by atoms with Gasteiger partial charge in [0, 0.05) is 16.6 Å². The summed E-state index contributed by atoms with van der Waals surface area (Å²) < 4.78 is 27.0. The molecule has 1 heterocycles. The zero-order chi connectivity index (χ0) is 19.9. The monoisotopic (exact) mass is 403 g/mol. The van der Waals surface area contributed by atoms with Gasteiger partial charge in [0.15, 0.2) is 0 Å². The van der Waals surface area contributed by atoms with Crippen molar-refractivity contribution in [3.63, 3.8) is 0 Å². The van der Waals surface area contributed by atoms with E-state index in [1.165, 1.54) is 22.3 Å². The first-order valence-corrected chi connectivity index (χ1v) is 11.7. The lowest BCUT2D eigenvalue weighted by Crippen LogP contribution is -2.37. The Kier molecular flexibility index (Phi) is 5.00. The molecule has 1 aromatic carbocycles. The number of hydrogen-bond donors (Lipinski definition) is 2. The molecule has 2 aliphatic carbocycles. The predicted molar refractivity (Wildman–Crippen MR) is 111 cm³/mol. The largest absolute Gasteiger partial charge is 0.333 e. The van der Waals surface area contributed by atoms with Crippen LogP contribution in [0.3, 0.4) is 0 Å². The molecule has 0 radical (unpaired) electrons. The average Bonchev–Trinajstić information content (AvgIpc) is 3.34. The number of likely N-dealkylation sites (N-methyl/N-ethyl adjacent to an activating group) is 1. The Morgan fingerprint density at radius 3 is 2.32 bits per heavy atom. The van der Waals surface area contributed by atoms with Crippen molar-refractivity contribution in [3.8, 4) is 0 Å². The Balaban J connectivity index is 1.50. The van der Waals surface area contributed by atoms with Crippen LogP contribution in [0, 0.1) is 0 Å². The summed E-state index contributed by atoms with van der Waals surface area (Å²) in [5.41, 5.74) is 5.54. The second-order valence-electron chi connectivity index (χ2n) is 8.52. The van der Waals surface area contributed by atoms with E-state index < -0.39 is 16.1 Å². The molecule has 1 fully saturated rings. The number of nitrogens with zero attached hydrogens (tertiary/aromatic N) is 1. The molecule has 3 aliphatic rings. The van der Waals surface area contributed by atoms with Gasteiger partial charge in [0.2, 0.25) is 0 Å². The lowest BCUT2D eigenvalue weighted by Gasteiger charge is -2.28. The number of carbonyl (C=O) groups is 1. The number of aryl methyl sites for hydroxylation is 2.